The molecule has 0 unspecified atom stereocenters. The number of hydrogen-bond acceptors (Lipinski definition) is 6. The molecule has 2 aromatic carbocycles. The molecule has 0 atom stereocenters. The van der Waals surface area contributed by atoms with Gasteiger partial charge >= 0.3 is 0 Å². The minimum absolute atomic E-state index is 0.0648. The lowest BCUT2D eigenvalue weighted by Crippen LogP contribution is -2.12. The van der Waals surface area contributed by atoms with Crippen LogP contribution in [0.2, 0.25) is 0 Å². The Kier molecular flexibility index (Phi) is 5.50. The minimum Gasteiger partial charge on any atom is -0.309 e. The summed E-state index contributed by atoms with van der Waals surface area (Å²) >= 11 is 3.08. The number of thiophene rings is 1. The molecule has 6 rings (SSSR count). The van der Waals surface area contributed by atoms with E-state index < -0.39 is 0 Å². The van der Waals surface area contributed by atoms with Gasteiger partial charge in [0.05, 0.1) is 11.1 Å². The average Bonchev–Trinajstić information content (AvgIpc) is 3.45. The highest BCUT2D eigenvalue weighted by Crippen LogP contribution is 2.34. The van der Waals surface area contributed by atoms with Gasteiger partial charge in [0.15, 0.2) is 11.0 Å². The van der Waals surface area contributed by atoms with Gasteiger partial charge in [-0.15, -0.1) is 21.5 Å². The molecule has 34 heavy (non-hydrogen) atoms. The molecule has 0 bridgehead atoms. The summed E-state index contributed by atoms with van der Waals surface area (Å²) in [6.45, 7) is 0. The number of aromatic nitrogens is 5. The zero-order valence-corrected chi connectivity index (χ0v) is 19.8. The minimum atomic E-state index is -0.305. The van der Waals surface area contributed by atoms with Crippen LogP contribution in [0.15, 0.2) is 64.5 Å². The van der Waals surface area contributed by atoms with E-state index in [0.717, 1.165) is 40.7 Å². The molecule has 1 N–H and O–H groups in total. The van der Waals surface area contributed by atoms with Crippen LogP contribution in [0, 0.1) is 5.82 Å². The lowest BCUT2D eigenvalue weighted by molar-refractivity contribution is 0.627. The number of hydrogen-bond donors (Lipinski definition) is 1. The second kappa shape index (κ2) is 8.81. The molecule has 3 aromatic heterocycles. The number of aromatic amines is 1. The van der Waals surface area contributed by atoms with Crippen LogP contribution in [0.5, 0.6) is 0 Å². The van der Waals surface area contributed by atoms with E-state index in [9.17, 15) is 9.18 Å². The summed E-state index contributed by atoms with van der Waals surface area (Å²) in [5.74, 6) is 1.40. The Hall–Kier alpha value is -3.30. The normalized spacial score (nSPS) is 13.3. The average molecular weight is 490 g/mol. The van der Waals surface area contributed by atoms with Crippen LogP contribution < -0.4 is 5.56 Å². The maximum atomic E-state index is 13.6. The molecule has 1 aliphatic carbocycles. The first kappa shape index (κ1) is 21.2. The van der Waals surface area contributed by atoms with E-state index in [1.54, 1.807) is 23.5 Å². The van der Waals surface area contributed by atoms with E-state index in [2.05, 4.69) is 15.2 Å². The fourth-order valence-corrected chi connectivity index (χ4v) is 6.47. The molecule has 0 saturated heterocycles. The van der Waals surface area contributed by atoms with Gasteiger partial charge in [0.1, 0.15) is 16.5 Å². The second-order valence-corrected chi connectivity index (χ2v) is 10.2. The molecule has 0 spiro atoms. The van der Waals surface area contributed by atoms with Crippen molar-refractivity contribution < 1.29 is 4.39 Å². The van der Waals surface area contributed by atoms with Gasteiger partial charge in [-0.2, -0.15) is 0 Å². The number of thioether (sulfide) groups is 1. The lowest BCUT2D eigenvalue weighted by atomic mass is 9.97. The molecular weight excluding hydrogens is 469 g/mol. The third-order valence-electron chi connectivity index (χ3n) is 5.96. The van der Waals surface area contributed by atoms with Crippen LogP contribution in [0.3, 0.4) is 0 Å². The first-order valence-electron chi connectivity index (χ1n) is 11.1. The van der Waals surface area contributed by atoms with Crippen molar-refractivity contribution in [2.24, 2.45) is 0 Å². The molecule has 0 fully saturated rings. The van der Waals surface area contributed by atoms with Crippen LogP contribution in [0.25, 0.3) is 27.3 Å². The Morgan fingerprint density at radius 2 is 1.82 bits per heavy atom. The van der Waals surface area contributed by atoms with Gasteiger partial charge in [0, 0.05) is 16.1 Å². The first-order chi connectivity index (χ1) is 16.7. The van der Waals surface area contributed by atoms with Crippen molar-refractivity contribution in [2.75, 3.05) is 0 Å². The molecular formula is C25H20FN5OS2. The Morgan fingerprint density at radius 1 is 1.03 bits per heavy atom. The molecule has 170 valence electrons. The van der Waals surface area contributed by atoms with E-state index in [-0.39, 0.29) is 11.4 Å². The molecule has 0 amide bonds. The summed E-state index contributed by atoms with van der Waals surface area (Å²) in [5, 5.41) is 10.2. The third-order valence-corrected chi connectivity index (χ3v) is 8.09. The highest BCUT2D eigenvalue weighted by atomic mass is 32.2. The van der Waals surface area contributed by atoms with Crippen molar-refractivity contribution in [2.45, 2.75) is 36.6 Å². The number of halogens is 1. The monoisotopic (exact) mass is 489 g/mol. The van der Waals surface area contributed by atoms with Crippen LogP contribution in [0.1, 0.15) is 29.1 Å². The van der Waals surface area contributed by atoms with Crippen molar-refractivity contribution in [3.05, 3.63) is 87.0 Å². The van der Waals surface area contributed by atoms with Gasteiger partial charge in [-0.05, 0) is 55.5 Å². The third kappa shape index (κ3) is 3.84. The molecule has 0 radical (unpaired) electrons. The molecule has 6 nitrogen and oxygen atoms in total. The van der Waals surface area contributed by atoms with Crippen LogP contribution in [-0.2, 0) is 18.6 Å². The number of nitrogens with zero attached hydrogens (tertiary/aromatic N) is 4. The summed E-state index contributed by atoms with van der Waals surface area (Å²) in [4.78, 5) is 22.7. The highest BCUT2D eigenvalue weighted by Gasteiger charge is 2.21. The Bertz CT molecular complexity index is 1540. The number of fused-ring (bicyclic) bond motifs is 3. The van der Waals surface area contributed by atoms with Crippen molar-refractivity contribution in [1.82, 2.24) is 24.7 Å². The van der Waals surface area contributed by atoms with Gasteiger partial charge in [-0.25, -0.2) is 9.37 Å². The summed E-state index contributed by atoms with van der Waals surface area (Å²) in [6, 6.07) is 16.0. The van der Waals surface area contributed by atoms with E-state index >= 15 is 0 Å². The highest BCUT2D eigenvalue weighted by molar-refractivity contribution is 7.98. The second-order valence-electron chi connectivity index (χ2n) is 8.18. The van der Waals surface area contributed by atoms with Gasteiger partial charge in [-0.1, -0.05) is 42.1 Å². The zero-order valence-electron chi connectivity index (χ0n) is 18.1. The summed E-state index contributed by atoms with van der Waals surface area (Å²) in [7, 11) is 0. The fourth-order valence-electron chi connectivity index (χ4n) is 4.37. The number of nitrogens with one attached hydrogen (secondary N) is 1. The van der Waals surface area contributed by atoms with Crippen molar-refractivity contribution >= 4 is 33.3 Å². The standard InChI is InChI=1S/C25H20FN5OS2/c26-16-10-12-17(13-11-16)31-22(15-6-2-1-3-7-15)29-30-25(31)33-14-20-27-23(32)21-18-8-4-5-9-19(18)34-24(21)28-20/h1-3,6-7,10-13H,4-5,8-9,14H2,(H,27,28,32). The molecule has 1 aliphatic rings. The molecule has 0 saturated carbocycles. The van der Waals surface area contributed by atoms with E-state index in [4.69, 9.17) is 4.98 Å². The molecule has 5 aromatic rings. The predicted octanol–water partition coefficient (Wildman–Crippen LogP) is 5.54. The predicted molar refractivity (Wildman–Crippen MR) is 133 cm³/mol. The number of H-pyrrole nitrogens is 1. The van der Waals surface area contributed by atoms with Crippen LogP contribution in [0.4, 0.5) is 4.39 Å². The fraction of sp³-hybridized carbons (Fsp3) is 0.200. The summed E-state index contributed by atoms with van der Waals surface area (Å²) in [5.41, 5.74) is 2.78. The van der Waals surface area contributed by atoms with Gasteiger partial charge in [0.25, 0.3) is 5.56 Å². The zero-order chi connectivity index (χ0) is 23.1. The van der Waals surface area contributed by atoms with Crippen molar-refractivity contribution in [3.8, 4) is 17.1 Å². The van der Waals surface area contributed by atoms with Crippen molar-refractivity contribution in [1.29, 1.82) is 0 Å². The Labute approximate surface area is 202 Å². The summed E-state index contributed by atoms with van der Waals surface area (Å²) in [6.07, 6.45) is 4.28. The Morgan fingerprint density at radius 3 is 2.65 bits per heavy atom. The summed E-state index contributed by atoms with van der Waals surface area (Å²) < 4.78 is 15.5. The Balaban J connectivity index is 1.36. The lowest BCUT2D eigenvalue weighted by Gasteiger charge is -2.10. The number of rotatable bonds is 5. The van der Waals surface area contributed by atoms with Gasteiger partial charge in [0.2, 0.25) is 0 Å². The topological polar surface area (TPSA) is 76.5 Å². The van der Waals surface area contributed by atoms with E-state index in [1.165, 1.54) is 40.8 Å². The van der Waals surface area contributed by atoms with Gasteiger partial charge in [-0.3, -0.25) is 9.36 Å². The van der Waals surface area contributed by atoms with Crippen LogP contribution >= 0.6 is 23.1 Å². The van der Waals surface area contributed by atoms with E-state index in [1.807, 2.05) is 34.9 Å². The number of benzene rings is 2. The largest absolute Gasteiger partial charge is 0.309 e. The molecule has 9 heteroatoms. The van der Waals surface area contributed by atoms with Crippen LogP contribution in [-0.4, -0.2) is 24.7 Å². The van der Waals surface area contributed by atoms with Crippen molar-refractivity contribution in [3.63, 3.8) is 0 Å². The van der Waals surface area contributed by atoms with Gasteiger partial charge < -0.3 is 4.98 Å². The molecule has 3 heterocycles. The van der Waals surface area contributed by atoms with E-state index in [0.29, 0.717) is 22.6 Å². The molecule has 0 aliphatic heterocycles. The SMILES string of the molecule is O=c1[nH]c(CSc2nnc(-c3ccccc3)n2-c2ccc(F)cc2)nc2sc3c(c12)CCCC3. The quantitative estimate of drug-likeness (QED) is 0.328. The number of aryl methyl sites for hydroxylation is 2. The smallest absolute Gasteiger partial charge is 0.259 e. The maximum Gasteiger partial charge on any atom is 0.259 e. The first-order valence-corrected chi connectivity index (χ1v) is 12.9. The maximum absolute atomic E-state index is 13.6.